The summed E-state index contributed by atoms with van der Waals surface area (Å²) in [4.78, 5) is 0. The van der Waals surface area contributed by atoms with E-state index in [0.29, 0.717) is 0 Å². The lowest BCUT2D eigenvalue weighted by Crippen LogP contribution is -2.25. The van der Waals surface area contributed by atoms with E-state index in [2.05, 4.69) is 35.8 Å². The third-order valence-corrected chi connectivity index (χ3v) is 14.5. The summed E-state index contributed by atoms with van der Waals surface area (Å²) in [5.74, 6) is 0. The van der Waals surface area contributed by atoms with E-state index < -0.39 is 14.3 Å². The van der Waals surface area contributed by atoms with E-state index in [1.165, 1.54) is 0 Å². The molecule has 0 atom stereocenters. The first kappa shape index (κ1) is 27.4. The smallest absolute Gasteiger partial charge is 0.171 e. The Morgan fingerprint density at radius 3 is 1.00 bits per heavy atom. The summed E-state index contributed by atoms with van der Waals surface area (Å²) in [5, 5.41) is 6.80. The fourth-order valence-corrected chi connectivity index (χ4v) is 11.6. The van der Waals surface area contributed by atoms with Gasteiger partial charge in [0.1, 0.15) is 0 Å². The van der Waals surface area contributed by atoms with Gasteiger partial charge in [-0.15, -0.1) is 0 Å². The Hall–Kier alpha value is -4.42. The zero-order valence-corrected chi connectivity index (χ0v) is 25.7. The minimum absolute atomic E-state index is 0.781. The molecule has 0 saturated carbocycles. The lowest BCUT2D eigenvalue weighted by atomic mass is 10.1. The highest BCUT2D eigenvalue weighted by Gasteiger charge is 2.32. The molecule has 7 aromatic rings. The van der Waals surface area contributed by atoms with Crippen molar-refractivity contribution in [2.45, 2.75) is 13.5 Å². The number of hydrogen-bond donors (Lipinski definition) is 0. The first-order valence-electron chi connectivity index (χ1n) is 14.5. The van der Waals surface area contributed by atoms with Crippen molar-refractivity contribution in [2.75, 3.05) is 0 Å². The predicted molar refractivity (Wildman–Crippen MR) is 184 cm³/mol. The summed E-state index contributed by atoms with van der Waals surface area (Å²) in [5.41, 5.74) is 2.14. The van der Waals surface area contributed by atoms with E-state index in [1.54, 1.807) is 0 Å². The molecule has 3 nitrogen and oxygen atoms in total. The lowest BCUT2D eigenvalue weighted by molar-refractivity contribution is 0.591. The van der Waals surface area contributed by atoms with Crippen molar-refractivity contribution >= 4 is 67.9 Å². The van der Waals surface area contributed by atoms with Gasteiger partial charge >= 0.3 is 0 Å². The molecule has 0 radical (unpaired) electrons. The molecule has 6 aromatic carbocycles. The summed E-state index contributed by atoms with van der Waals surface area (Å²) in [6, 6.07) is 51.5. The van der Waals surface area contributed by atoms with Crippen LogP contribution in [0.1, 0.15) is 6.92 Å². The van der Waals surface area contributed by atoms with Crippen LogP contribution in [-0.2, 0) is 15.7 Å². The van der Waals surface area contributed by atoms with E-state index in [-0.39, 0.29) is 0 Å². The zero-order valence-electron chi connectivity index (χ0n) is 23.9. The summed E-state index contributed by atoms with van der Waals surface area (Å²) in [6.07, 6.45) is 0. The van der Waals surface area contributed by atoms with Gasteiger partial charge in [-0.3, -0.25) is 0 Å². The SMILES string of the molecule is CCn1c2ccc(P(=O)(c3ccccc3)c3ccccc3)cc2c2cc(P(=O)(c3ccccc3)c3ccccc3)ccc21. The number of aromatic nitrogens is 1. The van der Waals surface area contributed by atoms with Crippen LogP contribution < -0.4 is 31.8 Å². The summed E-state index contributed by atoms with van der Waals surface area (Å²) < 4.78 is 32.7. The molecular formula is C38H31NO2P2. The molecule has 0 spiro atoms. The van der Waals surface area contributed by atoms with Crippen LogP contribution in [-0.4, -0.2) is 4.57 Å². The Kier molecular flexibility index (Phi) is 7.02. The van der Waals surface area contributed by atoms with Gasteiger partial charge in [-0.05, 0) is 43.3 Å². The molecule has 0 saturated heterocycles. The van der Waals surface area contributed by atoms with E-state index >= 15 is 9.13 Å². The van der Waals surface area contributed by atoms with Gasteiger partial charge in [-0.2, -0.15) is 0 Å². The van der Waals surface area contributed by atoms with Gasteiger partial charge in [0.25, 0.3) is 0 Å². The van der Waals surface area contributed by atoms with Crippen LogP contribution in [0.5, 0.6) is 0 Å². The minimum Gasteiger partial charge on any atom is -0.341 e. The van der Waals surface area contributed by atoms with Gasteiger partial charge in [0, 0.05) is 60.2 Å². The van der Waals surface area contributed by atoms with Crippen molar-refractivity contribution in [3.63, 3.8) is 0 Å². The number of fused-ring (bicyclic) bond motifs is 3. The van der Waals surface area contributed by atoms with Crippen molar-refractivity contribution in [1.29, 1.82) is 0 Å². The topological polar surface area (TPSA) is 39.1 Å². The number of nitrogens with zero attached hydrogens (tertiary/aromatic N) is 1. The number of aryl methyl sites for hydroxylation is 1. The van der Waals surface area contributed by atoms with Crippen molar-refractivity contribution in [3.05, 3.63) is 158 Å². The predicted octanol–water partition coefficient (Wildman–Crippen LogP) is 7.09. The standard InChI is InChI=1S/C38H31NO2P2/c1-2-39-37-25-23-33(42(40,29-15-7-3-8-16-29)30-17-9-4-10-18-30)27-35(37)36-28-34(24-26-38(36)39)43(41,31-19-11-5-12-20-31)32-21-13-6-14-22-32/h3-28H,2H2,1H3. The van der Waals surface area contributed by atoms with Crippen LogP contribution in [0.4, 0.5) is 0 Å². The first-order valence-corrected chi connectivity index (χ1v) is 18.0. The molecule has 0 aliphatic heterocycles. The van der Waals surface area contributed by atoms with Crippen LogP contribution in [0.15, 0.2) is 158 Å². The summed E-state index contributed by atoms with van der Waals surface area (Å²) >= 11 is 0. The van der Waals surface area contributed by atoms with Crippen LogP contribution >= 0.6 is 14.3 Å². The summed E-state index contributed by atoms with van der Waals surface area (Å²) in [7, 11) is -6.32. The fraction of sp³-hybridized carbons (Fsp3) is 0.0526. The molecule has 0 unspecified atom stereocenters. The highest BCUT2D eigenvalue weighted by atomic mass is 31.2. The molecule has 0 bridgehead atoms. The normalized spacial score (nSPS) is 12.1. The molecule has 1 aromatic heterocycles. The van der Waals surface area contributed by atoms with Crippen molar-refractivity contribution in [2.24, 2.45) is 0 Å². The molecule has 210 valence electrons. The molecule has 7 rings (SSSR count). The summed E-state index contributed by atoms with van der Waals surface area (Å²) in [6.45, 7) is 2.92. The van der Waals surface area contributed by atoms with Crippen molar-refractivity contribution in [1.82, 2.24) is 4.57 Å². The maximum absolute atomic E-state index is 15.2. The van der Waals surface area contributed by atoms with Crippen molar-refractivity contribution < 1.29 is 9.13 Å². The second kappa shape index (κ2) is 11.0. The van der Waals surface area contributed by atoms with Crippen molar-refractivity contribution in [3.8, 4) is 0 Å². The molecule has 0 aliphatic rings. The number of benzene rings is 6. The Morgan fingerprint density at radius 1 is 0.419 bits per heavy atom. The minimum atomic E-state index is -3.16. The Labute approximate surface area is 252 Å². The van der Waals surface area contributed by atoms with E-state index in [1.807, 2.05) is 133 Å². The average molecular weight is 596 g/mol. The van der Waals surface area contributed by atoms with E-state index in [0.717, 1.165) is 60.2 Å². The molecule has 0 N–H and O–H groups in total. The van der Waals surface area contributed by atoms with Gasteiger partial charge in [0.05, 0.1) is 0 Å². The van der Waals surface area contributed by atoms with Gasteiger partial charge in [0.2, 0.25) is 0 Å². The molecule has 0 amide bonds. The molecule has 43 heavy (non-hydrogen) atoms. The van der Waals surface area contributed by atoms with Crippen LogP contribution in [0.2, 0.25) is 0 Å². The van der Waals surface area contributed by atoms with E-state index in [9.17, 15) is 0 Å². The van der Waals surface area contributed by atoms with Gasteiger partial charge in [-0.1, -0.05) is 121 Å². The van der Waals surface area contributed by atoms with Gasteiger partial charge in [-0.25, -0.2) is 0 Å². The second-order valence-electron chi connectivity index (χ2n) is 10.7. The maximum Gasteiger partial charge on any atom is 0.171 e. The molecule has 0 fully saturated rings. The Morgan fingerprint density at radius 2 is 0.721 bits per heavy atom. The third kappa shape index (κ3) is 4.43. The van der Waals surface area contributed by atoms with Crippen LogP contribution in [0, 0.1) is 0 Å². The van der Waals surface area contributed by atoms with Crippen LogP contribution in [0.25, 0.3) is 21.8 Å². The first-order chi connectivity index (χ1) is 21.0. The largest absolute Gasteiger partial charge is 0.341 e. The molecule has 5 heteroatoms. The second-order valence-corrected chi connectivity index (χ2v) is 16.2. The molecular weight excluding hydrogens is 564 g/mol. The highest BCUT2D eigenvalue weighted by Crippen LogP contribution is 2.45. The number of hydrogen-bond acceptors (Lipinski definition) is 2. The highest BCUT2D eigenvalue weighted by molar-refractivity contribution is 7.85. The maximum atomic E-state index is 15.2. The third-order valence-electron chi connectivity index (χ3n) is 8.35. The van der Waals surface area contributed by atoms with Gasteiger partial charge in [0.15, 0.2) is 14.3 Å². The van der Waals surface area contributed by atoms with Crippen LogP contribution in [0.3, 0.4) is 0 Å². The Bertz CT molecular complexity index is 1920. The fourth-order valence-electron chi connectivity index (χ4n) is 6.26. The quantitative estimate of drug-likeness (QED) is 0.185. The molecule has 0 aliphatic carbocycles. The zero-order chi connectivity index (χ0) is 29.4. The van der Waals surface area contributed by atoms with E-state index in [4.69, 9.17) is 0 Å². The molecule has 1 heterocycles. The average Bonchev–Trinajstić information content (AvgIpc) is 3.41. The Balaban J connectivity index is 1.51. The number of rotatable bonds is 7. The lowest BCUT2D eigenvalue weighted by Gasteiger charge is -2.20. The monoisotopic (exact) mass is 595 g/mol. The van der Waals surface area contributed by atoms with Gasteiger partial charge < -0.3 is 13.7 Å².